The number of halogens is 1. The van der Waals surface area contributed by atoms with Gasteiger partial charge in [-0.05, 0) is 94.8 Å². The molecular formula is C45H57ClN2O10. The van der Waals surface area contributed by atoms with Gasteiger partial charge < -0.3 is 33.3 Å². The minimum atomic E-state index is -0.967. The molecular weight excluding hydrogens is 764 g/mol. The first-order valence-corrected chi connectivity index (χ1v) is 21.2. The van der Waals surface area contributed by atoms with Crippen molar-refractivity contribution in [2.45, 2.75) is 115 Å². The van der Waals surface area contributed by atoms with Gasteiger partial charge in [0.1, 0.15) is 35.3 Å². The van der Waals surface area contributed by atoms with E-state index in [1.54, 1.807) is 11.0 Å². The molecule has 1 saturated heterocycles. The van der Waals surface area contributed by atoms with Crippen LogP contribution in [0.1, 0.15) is 96.6 Å². The number of carbonyl (C=O) groups is 4. The molecule has 3 aliphatic carbocycles. The Balaban J connectivity index is 1.19. The van der Waals surface area contributed by atoms with Crippen LogP contribution in [0.25, 0.3) is 17.0 Å². The molecule has 12 nitrogen and oxygen atoms in total. The number of carbonyl (C=O) groups excluding carboxylic acids is 4. The maximum absolute atomic E-state index is 14.8. The van der Waals surface area contributed by atoms with Gasteiger partial charge in [-0.2, -0.15) is 0 Å². The number of pyridine rings is 1. The van der Waals surface area contributed by atoms with Crippen LogP contribution in [0.15, 0.2) is 35.9 Å². The second kappa shape index (κ2) is 18.1. The van der Waals surface area contributed by atoms with E-state index in [1.165, 1.54) is 27.8 Å². The fourth-order valence-corrected chi connectivity index (χ4v) is 9.63. The highest BCUT2D eigenvalue weighted by atomic mass is 35.5. The van der Waals surface area contributed by atoms with Crippen molar-refractivity contribution in [1.82, 2.24) is 9.88 Å². The summed E-state index contributed by atoms with van der Waals surface area (Å²) in [7, 11) is 4.40. The summed E-state index contributed by atoms with van der Waals surface area (Å²) in [5.41, 5.74) is 1.11. The van der Waals surface area contributed by atoms with Crippen LogP contribution in [-0.2, 0) is 38.1 Å². The molecule has 314 valence electrons. The number of fused-ring (bicyclic) bond motifs is 4. The maximum atomic E-state index is 14.8. The molecule has 1 unspecified atom stereocenters. The summed E-state index contributed by atoms with van der Waals surface area (Å²) < 4.78 is 34.4. The van der Waals surface area contributed by atoms with Crippen molar-refractivity contribution < 1.29 is 47.6 Å². The minimum absolute atomic E-state index is 0.0405. The van der Waals surface area contributed by atoms with E-state index in [-0.39, 0.29) is 67.1 Å². The highest BCUT2D eigenvalue weighted by Gasteiger charge is 2.61. The van der Waals surface area contributed by atoms with Gasteiger partial charge in [-0.3, -0.25) is 19.2 Å². The van der Waals surface area contributed by atoms with E-state index in [9.17, 15) is 19.2 Å². The van der Waals surface area contributed by atoms with Crippen LogP contribution in [0.4, 0.5) is 0 Å². The van der Waals surface area contributed by atoms with E-state index in [1.807, 2.05) is 38.1 Å². The molecule has 13 heteroatoms. The third-order valence-electron chi connectivity index (χ3n) is 12.7. The molecule has 3 saturated carbocycles. The van der Waals surface area contributed by atoms with Gasteiger partial charge in [-0.25, -0.2) is 4.98 Å². The third-order valence-corrected chi connectivity index (χ3v) is 13.0. The fraction of sp³-hybridized carbons (Fsp3) is 0.622. The number of rotatable bonds is 12. The maximum Gasteiger partial charge on any atom is 0.312 e. The van der Waals surface area contributed by atoms with Crippen LogP contribution in [-0.4, -0.2) is 92.5 Å². The molecule has 8 atom stereocenters. The molecule has 7 rings (SSSR count). The van der Waals surface area contributed by atoms with Gasteiger partial charge in [0.15, 0.2) is 12.1 Å². The number of amides is 1. The fourth-order valence-electron chi connectivity index (χ4n) is 9.36. The van der Waals surface area contributed by atoms with Gasteiger partial charge in [0.05, 0.1) is 42.7 Å². The lowest BCUT2D eigenvalue weighted by molar-refractivity contribution is -0.155. The number of aromatic nitrogens is 1. The Kier molecular flexibility index (Phi) is 13.1. The van der Waals surface area contributed by atoms with Crippen molar-refractivity contribution in [2.75, 3.05) is 34.5 Å². The van der Waals surface area contributed by atoms with Crippen molar-refractivity contribution in [1.29, 1.82) is 0 Å². The van der Waals surface area contributed by atoms with Crippen LogP contribution < -0.4 is 9.47 Å². The van der Waals surface area contributed by atoms with Gasteiger partial charge >= 0.3 is 11.9 Å². The Labute approximate surface area is 345 Å². The van der Waals surface area contributed by atoms with E-state index in [0.717, 1.165) is 44.1 Å². The van der Waals surface area contributed by atoms with Crippen LogP contribution in [0.3, 0.4) is 0 Å². The molecule has 0 spiro atoms. The molecule has 3 heterocycles. The Morgan fingerprint density at radius 2 is 1.78 bits per heavy atom. The second-order valence-electron chi connectivity index (χ2n) is 17.1. The van der Waals surface area contributed by atoms with Crippen LogP contribution in [0.2, 0.25) is 5.02 Å². The highest BCUT2D eigenvalue weighted by molar-refractivity contribution is 6.36. The molecule has 1 aromatic heterocycles. The van der Waals surface area contributed by atoms with Crippen molar-refractivity contribution in [3.05, 3.63) is 46.6 Å². The summed E-state index contributed by atoms with van der Waals surface area (Å²) in [6.45, 7) is 4.15. The van der Waals surface area contributed by atoms with Gasteiger partial charge in [0.25, 0.3) is 0 Å². The minimum Gasteiger partial charge on any atom is -0.488 e. The summed E-state index contributed by atoms with van der Waals surface area (Å²) >= 11 is 6.94. The van der Waals surface area contributed by atoms with Gasteiger partial charge in [-0.1, -0.05) is 42.2 Å². The highest BCUT2D eigenvalue weighted by Crippen LogP contribution is 2.58. The lowest BCUT2D eigenvalue weighted by Gasteiger charge is -2.29. The topological polar surface area (TPSA) is 140 Å². The Morgan fingerprint density at radius 3 is 2.50 bits per heavy atom. The zero-order valence-electron chi connectivity index (χ0n) is 34.3. The number of nitrogens with zero attached hydrogens (tertiary/aromatic N) is 2. The average molecular weight is 821 g/mol. The summed E-state index contributed by atoms with van der Waals surface area (Å²) in [5, 5.41) is 0.912. The predicted molar refractivity (Wildman–Crippen MR) is 217 cm³/mol. The monoisotopic (exact) mass is 820 g/mol. The van der Waals surface area contributed by atoms with E-state index in [0.29, 0.717) is 52.8 Å². The molecule has 5 aliphatic rings. The first-order valence-electron chi connectivity index (χ1n) is 20.8. The Bertz CT molecular complexity index is 1930. The number of methoxy groups -OCH3 is 3. The van der Waals surface area contributed by atoms with Crippen molar-refractivity contribution in [3.63, 3.8) is 0 Å². The standard InChI is InChI=1S/C45H57ClN2O10/c1-26(2)15-31-20-38(34-13-14-37(41(46)42(34)47-31)56-25-40(53-3)54-4)57-33-21-35-36(49)23-45(44(52)55-5)22-30(45)12-10-8-6-7-9-11-27(43(51)48(35)24-33)19-39(50)58-32-17-28-16-29(28)18-32/h10,12-15,20,27-30,32-33,35,40H,6-9,11,16-19,21-25H2,1-5H3/b12-10-/t27-,28-,29+,30-,32?,33-,35+,45-/m1/s1. The van der Waals surface area contributed by atoms with Gasteiger partial charge in [-0.15, -0.1) is 0 Å². The van der Waals surface area contributed by atoms with Gasteiger partial charge in [0.2, 0.25) is 5.91 Å². The molecule has 0 N–H and O–H groups in total. The van der Waals surface area contributed by atoms with Crippen LogP contribution >= 0.6 is 11.6 Å². The number of benzene rings is 1. The summed E-state index contributed by atoms with van der Waals surface area (Å²) in [6, 6.07) is 4.52. The Hall–Kier alpha value is -4.00. The van der Waals surface area contributed by atoms with E-state index >= 15 is 0 Å². The van der Waals surface area contributed by atoms with Crippen LogP contribution in [0.5, 0.6) is 11.5 Å². The molecule has 58 heavy (non-hydrogen) atoms. The van der Waals surface area contributed by atoms with E-state index in [4.69, 9.17) is 45.0 Å². The molecule has 2 aromatic rings. The number of esters is 2. The molecule has 1 amide bonds. The lowest BCUT2D eigenvalue weighted by atomic mass is 9.91. The Morgan fingerprint density at radius 1 is 1.00 bits per heavy atom. The SMILES string of the molecule is COC(=O)[C@]12CC(=O)[C@@H]3C[C@@H](Oc4cc(C=C(C)C)nc5c(Cl)c(OCC(OC)OC)ccc45)CN3C(=O)[C@@H](CC(=O)OC3C[C@@H]4C[C@@H]4C3)CCCCC/C=C\[C@@H]1C2. The zero-order valence-corrected chi connectivity index (χ0v) is 35.1. The lowest BCUT2D eigenvalue weighted by Crippen LogP contribution is -2.45. The normalized spacial score (nSPS) is 30.1. The first kappa shape index (κ1) is 42.1. The quantitative estimate of drug-likeness (QED) is 0.118. The zero-order chi connectivity index (χ0) is 41.1. The molecule has 1 aromatic carbocycles. The largest absolute Gasteiger partial charge is 0.488 e. The van der Waals surface area contributed by atoms with E-state index < -0.39 is 35.7 Å². The average Bonchev–Trinajstić information content (AvgIpc) is 3.99. The molecule has 2 aliphatic heterocycles. The summed E-state index contributed by atoms with van der Waals surface area (Å²) in [4.78, 5) is 62.4. The number of Topliss-reactive ketones (excluding diaryl/α,β-unsaturated/α-hetero) is 1. The number of ketones is 1. The smallest absolute Gasteiger partial charge is 0.312 e. The molecule has 0 radical (unpaired) electrons. The van der Waals surface area contributed by atoms with Crippen LogP contribution in [0, 0.1) is 29.1 Å². The molecule has 4 fully saturated rings. The number of hydrogen-bond acceptors (Lipinski definition) is 11. The number of hydrogen-bond donors (Lipinski definition) is 0. The summed E-state index contributed by atoms with van der Waals surface area (Å²) in [6.07, 6.45) is 12.3. The van der Waals surface area contributed by atoms with E-state index in [2.05, 4.69) is 6.08 Å². The third kappa shape index (κ3) is 9.39. The number of ether oxygens (including phenoxy) is 6. The molecule has 0 bridgehead atoms. The number of allylic oxidation sites excluding steroid dienone is 3. The van der Waals surface area contributed by atoms with Crippen molar-refractivity contribution in [3.8, 4) is 11.5 Å². The second-order valence-corrected chi connectivity index (χ2v) is 17.5. The first-order chi connectivity index (χ1) is 27.9. The van der Waals surface area contributed by atoms with Crippen molar-refractivity contribution in [2.24, 2.45) is 29.1 Å². The van der Waals surface area contributed by atoms with Crippen molar-refractivity contribution >= 4 is 52.2 Å². The summed E-state index contributed by atoms with van der Waals surface area (Å²) in [5.74, 6) is 0.179. The predicted octanol–water partition coefficient (Wildman–Crippen LogP) is 7.66. The van der Waals surface area contributed by atoms with Gasteiger partial charge in [0, 0.05) is 44.4 Å².